The number of anilines is 1. The first-order valence-corrected chi connectivity index (χ1v) is 7.43. The van der Waals surface area contributed by atoms with Crippen LogP contribution in [0.3, 0.4) is 0 Å². The minimum atomic E-state index is 0.475. The lowest BCUT2D eigenvalue weighted by Gasteiger charge is -2.07. The predicted molar refractivity (Wildman–Crippen MR) is 87.9 cm³/mol. The van der Waals surface area contributed by atoms with E-state index in [1.165, 1.54) is 0 Å². The number of hydrogen-bond donors (Lipinski definition) is 1. The van der Waals surface area contributed by atoms with Gasteiger partial charge < -0.3 is 19.7 Å². The highest BCUT2D eigenvalue weighted by atomic mass is 16.5. The summed E-state index contributed by atoms with van der Waals surface area (Å²) in [6, 6.07) is 5.44. The van der Waals surface area contributed by atoms with Crippen LogP contribution >= 0.6 is 0 Å². The number of nitrogens with two attached hydrogens (primary N) is 1. The zero-order valence-electron chi connectivity index (χ0n) is 13.8. The lowest BCUT2D eigenvalue weighted by Crippen LogP contribution is -2.03. The highest BCUT2D eigenvalue weighted by molar-refractivity contribution is 5.65. The molecular formula is C16H19N5O3. The maximum atomic E-state index is 5.89. The first-order valence-electron chi connectivity index (χ1n) is 7.43. The van der Waals surface area contributed by atoms with Crippen LogP contribution in [-0.4, -0.2) is 34.1 Å². The normalized spacial score (nSPS) is 10.8. The Morgan fingerprint density at radius 2 is 2.04 bits per heavy atom. The Kier molecular flexibility index (Phi) is 4.37. The number of aromatic nitrogens is 4. The highest BCUT2D eigenvalue weighted by Crippen LogP contribution is 2.31. The molecule has 2 heterocycles. The quantitative estimate of drug-likeness (QED) is 0.736. The molecule has 0 unspecified atom stereocenters. The fourth-order valence-corrected chi connectivity index (χ4v) is 2.46. The number of methoxy groups -OCH3 is 2. The molecule has 0 aliphatic carbocycles. The van der Waals surface area contributed by atoms with E-state index in [1.807, 2.05) is 19.2 Å². The van der Waals surface area contributed by atoms with E-state index >= 15 is 0 Å². The van der Waals surface area contributed by atoms with Crippen molar-refractivity contribution in [3.63, 3.8) is 0 Å². The molecule has 0 saturated carbocycles. The van der Waals surface area contributed by atoms with E-state index < -0.39 is 0 Å². The Hall–Kier alpha value is -3.03. The Bertz CT molecular complexity index is 821. The SMILES string of the molecule is COc1ccc(-c2noc(CCc3c(N)cnn3C)n2)c(OC)c1. The maximum Gasteiger partial charge on any atom is 0.227 e. The molecular weight excluding hydrogens is 310 g/mol. The molecule has 126 valence electrons. The van der Waals surface area contributed by atoms with Gasteiger partial charge in [-0.25, -0.2) is 0 Å². The van der Waals surface area contributed by atoms with Crippen LogP contribution < -0.4 is 15.2 Å². The van der Waals surface area contributed by atoms with Crippen LogP contribution in [0.1, 0.15) is 11.6 Å². The van der Waals surface area contributed by atoms with Crippen molar-refractivity contribution in [2.75, 3.05) is 20.0 Å². The number of ether oxygens (including phenoxy) is 2. The van der Waals surface area contributed by atoms with E-state index in [2.05, 4.69) is 15.2 Å². The zero-order chi connectivity index (χ0) is 17.1. The first-order chi connectivity index (χ1) is 11.6. The summed E-state index contributed by atoms with van der Waals surface area (Å²) in [5.41, 5.74) is 8.24. The number of benzene rings is 1. The largest absolute Gasteiger partial charge is 0.497 e. The Morgan fingerprint density at radius 1 is 1.21 bits per heavy atom. The fourth-order valence-electron chi connectivity index (χ4n) is 2.46. The van der Waals surface area contributed by atoms with E-state index in [0.29, 0.717) is 41.7 Å². The van der Waals surface area contributed by atoms with Crippen LogP contribution in [0.15, 0.2) is 28.9 Å². The summed E-state index contributed by atoms with van der Waals surface area (Å²) in [4.78, 5) is 4.43. The van der Waals surface area contributed by atoms with Gasteiger partial charge in [-0.1, -0.05) is 5.16 Å². The molecule has 0 aliphatic rings. The van der Waals surface area contributed by atoms with Gasteiger partial charge in [0.05, 0.1) is 37.4 Å². The third-order valence-corrected chi connectivity index (χ3v) is 3.79. The summed E-state index contributed by atoms with van der Waals surface area (Å²) in [7, 11) is 5.04. The fraction of sp³-hybridized carbons (Fsp3) is 0.312. The molecule has 8 heteroatoms. The summed E-state index contributed by atoms with van der Waals surface area (Å²) < 4.78 is 17.6. The van der Waals surface area contributed by atoms with Crippen LogP contribution in [-0.2, 0) is 19.9 Å². The van der Waals surface area contributed by atoms with Gasteiger partial charge in [0.25, 0.3) is 0 Å². The van der Waals surface area contributed by atoms with Gasteiger partial charge in [-0.05, 0) is 12.1 Å². The molecule has 2 N–H and O–H groups in total. The summed E-state index contributed by atoms with van der Waals surface area (Å²) in [5, 5.41) is 8.15. The molecule has 3 rings (SSSR count). The third-order valence-electron chi connectivity index (χ3n) is 3.79. The number of nitrogens with zero attached hydrogens (tertiary/aromatic N) is 4. The molecule has 0 bridgehead atoms. The van der Waals surface area contributed by atoms with E-state index in [-0.39, 0.29) is 0 Å². The summed E-state index contributed by atoms with van der Waals surface area (Å²) in [5.74, 6) is 2.33. The second kappa shape index (κ2) is 6.61. The van der Waals surface area contributed by atoms with E-state index in [0.717, 1.165) is 11.3 Å². The van der Waals surface area contributed by atoms with Crippen LogP contribution in [0.5, 0.6) is 11.5 Å². The Labute approximate surface area is 139 Å². The summed E-state index contributed by atoms with van der Waals surface area (Å²) in [6.07, 6.45) is 2.88. The van der Waals surface area contributed by atoms with Crippen molar-refractivity contribution in [3.8, 4) is 22.9 Å². The molecule has 24 heavy (non-hydrogen) atoms. The third kappa shape index (κ3) is 3.03. The lowest BCUT2D eigenvalue weighted by atomic mass is 10.2. The van der Waals surface area contributed by atoms with Gasteiger partial charge in [-0.3, -0.25) is 4.68 Å². The van der Waals surface area contributed by atoms with Crippen LogP contribution in [0.25, 0.3) is 11.4 Å². The van der Waals surface area contributed by atoms with Gasteiger partial charge in [0.2, 0.25) is 11.7 Å². The molecule has 8 nitrogen and oxygen atoms in total. The van der Waals surface area contributed by atoms with Crippen molar-refractivity contribution in [2.45, 2.75) is 12.8 Å². The Morgan fingerprint density at radius 3 is 2.71 bits per heavy atom. The van der Waals surface area contributed by atoms with Gasteiger partial charge in [0.1, 0.15) is 11.5 Å². The summed E-state index contributed by atoms with van der Waals surface area (Å²) in [6.45, 7) is 0. The van der Waals surface area contributed by atoms with Gasteiger partial charge in [0, 0.05) is 26.0 Å². The molecule has 0 spiro atoms. The van der Waals surface area contributed by atoms with Gasteiger partial charge >= 0.3 is 0 Å². The van der Waals surface area contributed by atoms with Crippen molar-refractivity contribution < 1.29 is 14.0 Å². The minimum Gasteiger partial charge on any atom is -0.497 e. The number of hydrogen-bond acceptors (Lipinski definition) is 7. The first kappa shape index (κ1) is 15.9. The standard InChI is InChI=1S/C16H19N5O3/c1-21-13(12(17)9-18-21)6-7-15-19-16(20-24-15)11-5-4-10(22-2)8-14(11)23-3/h4-5,8-9H,6-7,17H2,1-3H3. The van der Waals surface area contributed by atoms with E-state index in [4.69, 9.17) is 19.7 Å². The van der Waals surface area contributed by atoms with Crippen LogP contribution in [0, 0.1) is 0 Å². The number of rotatable bonds is 6. The van der Waals surface area contributed by atoms with Gasteiger partial charge in [-0.15, -0.1) is 0 Å². The second-order valence-corrected chi connectivity index (χ2v) is 5.25. The number of nitrogen functional groups attached to an aromatic ring is 1. The molecule has 1 aromatic carbocycles. The van der Waals surface area contributed by atoms with Crippen molar-refractivity contribution in [1.29, 1.82) is 0 Å². The Balaban J connectivity index is 1.78. The molecule has 2 aromatic heterocycles. The van der Waals surface area contributed by atoms with Crippen molar-refractivity contribution in [1.82, 2.24) is 19.9 Å². The zero-order valence-corrected chi connectivity index (χ0v) is 13.8. The van der Waals surface area contributed by atoms with Crippen LogP contribution in [0.2, 0.25) is 0 Å². The van der Waals surface area contributed by atoms with E-state index in [1.54, 1.807) is 31.2 Å². The average Bonchev–Trinajstić information content (AvgIpc) is 3.19. The molecule has 0 amide bonds. The van der Waals surface area contributed by atoms with Gasteiger partial charge in [0.15, 0.2) is 0 Å². The smallest absolute Gasteiger partial charge is 0.227 e. The predicted octanol–water partition coefficient (Wildman–Crippen LogP) is 1.85. The molecule has 0 atom stereocenters. The molecule has 3 aromatic rings. The van der Waals surface area contributed by atoms with Gasteiger partial charge in [-0.2, -0.15) is 10.1 Å². The minimum absolute atomic E-state index is 0.475. The van der Waals surface area contributed by atoms with Crippen molar-refractivity contribution in [3.05, 3.63) is 36.0 Å². The monoisotopic (exact) mass is 329 g/mol. The second-order valence-electron chi connectivity index (χ2n) is 5.25. The molecule has 0 fully saturated rings. The average molecular weight is 329 g/mol. The molecule has 0 saturated heterocycles. The highest BCUT2D eigenvalue weighted by Gasteiger charge is 2.15. The van der Waals surface area contributed by atoms with Crippen molar-refractivity contribution in [2.24, 2.45) is 7.05 Å². The topological polar surface area (TPSA) is 101 Å². The van der Waals surface area contributed by atoms with E-state index in [9.17, 15) is 0 Å². The van der Waals surface area contributed by atoms with Crippen molar-refractivity contribution >= 4 is 5.69 Å². The maximum absolute atomic E-state index is 5.89. The summed E-state index contributed by atoms with van der Waals surface area (Å²) >= 11 is 0. The number of aryl methyl sites for hydroxylation is 2. The molecule has 0 radical (unpaired) electrons. The molecule has 0 aliphatic heterocycles. The lowest BCUT2D eigenvalue weighted by molar-refractivity contribution is 0.376. The van der Waals surface area contributed by atoms with Crippen LogP contribution in [0.4, 0.5) is 5.69 Å².